The van der Waals surface area contributed by atoms with Crippen molar-refractivity contribution in [3.05, 3.63) is 35.4 Å². The number of hydrogen-bond donors (Lipinski definition) is 2. The summed E-state index contributed by atoms with van der Waals surface area (Å²) in [5, 5.41) is 18.5. The molecule has 0 radical (unpaired) electrons. The first-order valence-corrected chi connectivity index (χ1v) is 7.29. The predicted molar refractivity (Wildman–Crippen MR) is 80.7 cm³/mol. The van der Waals surface area contributed by atoms with Gasteiger partial charge in [0.05, 0.1) is 12.7 Å². The summed E-state index contributed by atoms with van der Waals surface area (Å²) in [5.41, 5.74) is 1.40. The Morgan fingerprint density at radius 1 is 1.48 bits per heavy atom. The van der Waals surface area contributed by atoms with Crippen LogP contribution in [0.4, 0.5) is 0 Å². The van der Waals surface area contributed by atoms with E-state index < -0.39 is 0 Å². The summed E-state index contributed by atoms with van der Waals surface area (Å²) in [4.78, 5) is 14.3. The summed E-state index contributed by atoms with van der Waals surface area (Å²) >= 11 is 0. The van der Waals surface area contributed by atoms with E-state index in [9.17, 15) is 9.90 Å². The van der Waals surface area contributed by atoms with E-state index >= 15 is 0 Å². The number of amides is 1. The molecule has 2 N–H and O–H groups in total. The highest BCUT2D eigenvalue weighted by molar-refractivity contribution is 5.94. The van der Waals surface area contributed by atoms with Crippen LogP contribution < -0.4 is 0 Å². The largest absolute Gasteiger partial charge is 0.395 e. The van der Waals surface area contributed by atoms with E-state index in [1.54, 1.807) is 17.0 Å². The molecule has 0 aromatic heterocycles. The van der Waals surface area contributed by atoms with Crippen LogP contribution in [0.25, 0.3) is 0 Å². The number of carbonyl (C=O) groups is 1. The number of rotatable bonds is 2. The highest BCUT2D eigenvalue weighted by Crippen LogP contribution is 2.19. The van der Waals surface area contributed by atoms with Crippen LogP contribution >= 0.6 is 0 Å². The van der Waals surface area contributed by atoms with Crippen LogP contribution in [-0.2, 0) is 0 Å². The molecule has 1 aromatic carbocycles. The van der Waals surface area contributed by atoms with Crippen LogP contribution in [-0.4, -0.2) is 46.8 Å². The van der Waals surface area contributed by atoms with E-state index in [0.29, 0.717) is 31.5 Å². The molecule has 1 saturated heterocycles. The molecular weight excluding hydrogens is 266 g/mol. The van der Waals surface area contributed by atoms with Gasteiger partial charge in [-0.05, 0) is 30.5 Å². The third kappa shape index (κ3) is 4.07. The molecule has 1 aliphatic rings. The van der Waals surface area contributed by atoms with Crippen molar-refractivity contribution < 1.29 is 15.0 Å². The highest BCUT2D eigenvalue weighted by Gasteiger charge is 2.27. The summed E-state index contributed by atoms with van der Waals surface area (Å²) in [7, 11) is 0. The minimum absolute atomic E-state index is 0.0143. The van der Waals surface area contributed by atoms with E-state index in [-0.39, 0.29) is 24.5 Å². The Hall–Kier alpha value is -1.83. The zero-order chi connectivity index (χ0) is 15.2. The molecule has 4 heteroatoms. The molecule has 1 amide bonds. The fourth-order valence-electron chi connectivity index (χ4n) is 2.45. The lowest BCUT2D eigenvalue weighted by Crippen LogP contribution is -2.44. The van der Waals surface area contributed by atoms with E-state index in [2.05, 4.69) is 11.8 Å². The van der Waals surface area contributed by atoms with Crippen molar-refractivity contribution in [3.63, 3.8) is 0 Å². The average Bonchev–Trinajstić information content (AvgIpc) is 2.50. The van der Waals surface area contributed by atoms with Crippen LogP contribution in [0.3, 0.4) is 0 Å². The Morgan fingerprint density at radius 3 is 3.00 bits per heavy atom. The van der Waals surface area contributed by atoms with E-state index in [1.165, 1.54) is 0 Å². The molecule has 2 atom stereocenters. The van der Waals surface area contributed by atoms with Gasteiger partial charge in [-0.15, -0.1) is 0 Å². The van der Waals surface area contributed by atoms with Gasteiger partial charge in [0.25, 0.3) is 5.91 Å². The number of aliphatic hydroxyl groups excluding tert-OH is 2. The van der Waals surface area contributed by atoms with Crippen LogP contribution in [0.2, 0.25) is 0 Å². The second-order valence-corrected chi connectivity index (χ2v) is 5.44. The highest BCUT2D eigenvalue weighted by atomic mass is 16.3. The van der Waals surface area contributed by atoms with Crippen molar-refractivity contribution in [1.29, 1.82) is 0 Å². The fraction of sp³-hybridized carbons (Fsp3) is 0.471. The van der Waals surface area contributed by atoms with Gasteiger partial charge in [-0.3, -0.25) is 4.79 Å². The zero-order valence-electron chi connectivity index (χ0n) is 12.2. The summed E-state index contributed by atoms with van der Waals surface area (Å²) in [6.45, 7) is 3.17. The van der Waals surface area contributed by atoms with E-state index in [4.69, 9.17) is 5.11 Å². The van der Waals surface area contributed by atoms with Crippen molar-refractivity contribution in [1.82, 2.24) is 4.90 Å². The van der Waals surface area contributed by atoms with Gasteiger partial charge >= 0.3 is 0 Å². The molecule has 0 saturated carbocycles. The molecule has 4 nitrogen and oxygen atoms in total. The number of hydrogen-bond acceptors (Lipinski definition) is 3. The Kier molecular flexibility index (Phi) is 5.38. The van der Waals surface area contributed by atoms with Crippen molar-refractivity contribution in [2.45, 2.75) is 25.9 Å². The van der Waals surface area contributed by atoms with Crippen LogP contribution in [0.1, 0.15) is 35.7 Å². The first kappa shape index (κ1) is 15.6. The normalized spacial score (nSPS) is 21.6. The lowest BCUT2D eigenvalue weighted by atomic mass is 9.96. The minimum Gasteiger partial charge on any atom is -0.395 e. The van der Waals surface area contributed by atoms with Crippen LogP contribution in [0.15, 0.2) is 24.3 Å². The zero-order valence-corrected chi connectivity index (χ0v) is 12.2. The van der Waals surface area contributed by atoms with Crippen molar-refractivity contribution in [2.24, 2.45) is 5.92 Å². The molecule has 1 aromatic rings. The molecule has 1 aliphatic heterocycles. The monoisotopic (exact) mass is 287 g/mol. The third-order valence-corrected chi connectivity index (χ3v) is 3.73. The molecular formula is C17H21NO3. The molecule has 1 heterocycles. The van der Waals surface area contributed by atoms with Gasteiger partial charge in [0.1, 0.15) is 0 Å². The number of aliphatic hydroxyl groups is 2. The van der Waals surface area contributed by atoms with E-state index in [0.717, 1.165) is 5.56 Å². The average molecular weight is 287 g/mol. The van der Waals surface area contributed by atoms with Crippen LogP contribution in [0, 0.1) is 17.8 Å². The first-order valence-electron chi connectivity index (χ1n) is 7.29. The van der Waals surface area contributed by atoms with Gasteiger partial charge in [0.2, 0.25) is 0 Å². The van der Waals surface area contributed by atoms with Gasteiger partial charge in [0.15, 0.2) is 0 Å². The summed E-state index contributed by atoms with van der Waals surface area (Å²) in [5.74, 6) is 5.88. The minimum atomic E-state index is -0.315. The summed E-state index contributed by atoms with van der Waals surface area (Å²) < 4.78 is 0. The maximum absolute atomic E-state index is 12.5. The van der Waals surface area contributed by atoms with Gasteiger partial charge < -0.3 is 15.1 Å². The first-order chi connectivity index (χ1) is 10.1. The second kappa shape index (κ2) is 7.26. The number of likely N-dealkylation sites (tertiary alicyclic amines) is 1. The lowest BCUT2D eigenvalue weighted by molar-refractivity contribution is 0.0297. The Morgan fingerprint density at radius 2 is 2.29 bits per heavy atom. The molecule has 0 bridgehead atoms. The maximum Gasteiger partial charge on any atom is 0.253 e. The number of benzene rings is 1. The summed E-state index contributed by atoms with van der Waals surface area (Å²) in [6.07, 6.45) is 0.743. The molecule has 2 unspecified atom stereocenters. The number of carbonyl (C=O) groups excluding carboxylic acids is 1. The topological polar surface area (TPSA) is 60.8 Å². The number of piperidine rings is 1. The smallest absolute Gasteiger partial charge is 0.253 e. The van der Waals surface area contributed by atoms with Crippen molar-refractivity contribution in [2.75, 3.05) is 19.7 Å². The van der Waals surface area contributed by atoms with Gasteiger partial charge in [-0.25, -0.2) is 0 Å². The van der Waals surface area contributed by atoms with Gasteiger partial charge in [0, 0.05) is 30.6 Å². The number of nitrogens with zero attached hydrogens (tertiary/aromatic N) is 1. The second-order valence-electron chi connectivity index (χ2n) is 5.44. The molecule has 21 heavy (non-hydrogen) atoms. The van der Waals surface area contributed by atoms with Gasteiger partial charge in [-0.1, -0.05) is 24.8 Å². The van der Waals surface area contributed by atoms with Crippen LogP contribution in [0.5, 0.6) is 0 Å². The molecule has 112 valence electrons. The molecule has 1 fully saturated rings. The summed E-state index contributed by atoms with van der Waals surface area (Å²) in [6, 6.07) is 7.24. The SMILES string of the molecule is CC1CN(C(=O)c2cccc(C#CCCO)c2)CCC1O. The van der Waals surface area contributed by atoms with Gasteiger partial charge in [-0.2, -0.15) is 0 Å². The third-order valence-electron chi connectivity index (χ3n) is 3.73. The predicted octanol–water partition coefficient (Wildman–Crippen LogP) is 1.26. The Balaban J connectivity index is 2.09. The van der Waals surface area contributed by atoms with E-state index in [1.807, 2.05) is 19.1 Å². The maximum atomic E-state index is 12.5. The molecule has 0 spiro atoms. The quantitative estimate of drug-likeness (QED) is 0.805. The van der Waals surface area contributed by atoms with Crippen molar-refractivity contribution >= 4 is 5.91 Å². The Bertz CT molecular complexity index is 559. The Labute approximate surface area is 125 Å². The van der Waals surface area contributed by atoms with Crippen molar-refractivity contribution in [3.8, 4) is 11.8 Å². The lowest BCUT2D eigenvalue weighted by Gasteiger charge is -2.34. The fourth-order valence-corrected chi connectivity index (χ4v) is 2.45. The standard InChI is InChI=1S/C17H21NO3/c1-13-12-18(9-8-16(13)20)17(21)15-7-4-6-14(11-15)5-2-3-10-19/h4,6-7,11,13,16,19-20H,3,8-10,12H2,1H3. The molecule has 2 rings (SSSR count). The molecule has 0 aliphatic carbocycles.